The molecule has 6 rings (SSSR count). The molecule has 0 radical (unpaired) electrons. The molecule has 2 unspecified atom stereocenters. The van der Waals surface area contributed by atoms with Crippen molar-refractivity contribution >= 4 is 52.0 Å². The highest BCUT2D eigenvalue weighted by molar-refractivity contribution is 8.09. The largest absolute Gasteiger partial charge is 0.394 e. The van der Waals surface area contributed by atoms with Crippen molar-refractivity contribution < 1.29 is 37.9 Å². The van der Waals surface area contributed by atoms with Crippen molar-refractivity contribution in [2.24, 2.45) is 0 Å². The van der Waals surface area contributed by atoms with Crippen LogP contribution in [0.1, 0.15) is 12.5 Å². The lowest BCUT2D eigenvalue weighted by Crippen LogP contribution is -2.34. The van der Waals surface area contributed by atoms with Crippen LogP contribution in [-0.4, -0.2) is 93.7 Å². The summed E-state index contributed by atoms with van der Waals surface area (Å²) in [6.45, 7) is -5.51. The number of nitrogens with zero attached hydrogens (tertiary/aromatic N) is 5. The van der Waals surface area contributed by atoms with E-state index in [1.54, 1.807) is 6.07 Å². The van der Waals surface area contributed by atoms with Gasteiger partial charge in [-0.05, 0) is 17.9 Å². The first kappa shape index (κ1) is 28.0. The zero-order valence-electron chi connectivity index (χ0n) is 20.9. The van der Waals surface area contributed by atoms with Crippen LogP contribution in [-0.2, 0) is 25.8 Å². The van der Waals surface area contributed by atoms with Gasteiger partial charge in [-0.25, -0.2) is 23.7 Å². The Labute approximate surface area is 233 Å². The molecule has 0 amide bonds. The van der Waals surface area contributed by atoms with Crippen LogP contribution in [0.5, 0.6) is 0 Å². The van der Waals surface area contributed by atoms with Gasteiger partial charge in [-0.2, -0.15) is 0 Å². The third-order valence-corrected chi connectivity index (χ3v) is 10.1. The predicted octanol–water partition coefficient (Wildman–Crippen LogP) is -0.155. The molecule has 4 aromatic heterocycles. The van der Waals surface area contributed by atoms with E-state index < -0.39 is 74.0 Å². The summed E-state index contributed by atoms with van der Waals surface area (Å²) in [6, 6.07) is 2.95. The van der Waals surface area contributed by atoms with Crippen LogP contribution in [0, 0.1) is 0 Å². The number of aliphatic hydroxyl groups excluding tert-OH is 2. The third-order valence-electron chi connectivity index (χ3n) is 7.25. The number of anilines is 2. The van der Waals surface area contributed by atoms with E-state index in [9.17, 15) is 19.9 Å². The number of nitrogens with one attached hydrogen (secondary N) is 1. The molecular formula is C22H25F2N8O7PS. The topological polar surface area (TPSA) is 222 Å². The molecule has 0 bridgehead atoms. The smallest absolute Gasteiger partial charge is 0.277 e. The van der Waals surface area contributed by atoms with Crippen LogP contribution in [0.25, 0.3) is 22.1 Å². The molecule has 9 atom stereocenters. The fraction of sp³-hybridized carbons (Fsp3) is 0.455. The molecule has 0 spiro atoms. The van der Waals surface area contributed by atoms with E-state index in [-0.39, 0.29) is 28.3 Å². The molecule has 2 aliphatic rings. The molecule has 41 heavy (non-hydrogen) atoms. The van der Waals surface area contributed by atoms with Crippen LogP contribution < -0.4 is 17.0 Å². The standard InChI is InChI=1S/C22H25F2N8O7PS/c23-13-10(4-33)38-22(32-7-29-15-9(32)3-12(25)30-20(15)35)17(13)40(36,41)37-5-11-16(34)14(24)21(39-11)31-2-1-8-18(26)27-6-28-19(8)31/h1-3,6-7,10-11,13-14,16-17,21-22,33-34H,4-5H2,(H,36,41)(H3,25,30,35)(H2,26,27,28)/t10?,11-,13-,14+,16-,17-,21-,22-,40?/m1/s1. The van der Waals surface area contributed by atoms with E-state index in [1.165, 1.54) is 34.1 Å². The van der Waals surface area contributed by atoms with Crippen molar-refractivity contribution in [1.29, 1.82) is 0 Å². The molecule has 19 heteroatoms. The number of aromatic nitrogens is 6. The first-order valence-electron chi connectivity index (χ1n) is 12.3. The van der Waals surface area contributed by atoms with E-state index in [0.717, 1.165) is 0 Å². The van der Waals surface area contributed by atoms with E-state index in [0.29, 0.717) is 5.39 Å². The summed E-state index contributed by atoms with van der Waals surface area (Å²) in [5.74, 6) is 0.179. The van der Waals surface area contributed by atoms with Gasteiger partial charge in [-0.3, -0.25) is 4.79 Å². The SMILES string of the molecule is Nc1cc2c(ncn2[C@@H]2OC(CO)[C@@H](F)[C@H]2P(O)(=S)OC[C@H]2O[C@@H](n3ccc4c(N)ncnc43)[C@@H](F)[C@@H]2O)c(=O)[nH]1. The van der Waals surface area contributed by atoms with Crippen LogP contribution in [0.3, 0.4) is 0 Å². The van der Waals surface area contributed by atoms with Gasteiger partial charge in [0.15, 0.2) is 30.6 Å². The van der Waals surface area contributed by atoms with Gasteiger partial charge in [-0.1, -0.05) is 0 Å². The number of rotatable bonds is 7. The summed E-state index contributed by atoms with van der Waals surface area (Å²) in [7, 11) is 0. The Hall–Kier alpha value is -3.09. The first-order valence-corrected chi connectivity index (χ1v) is 15.0. The average Bonchev–Trinajstić information content (AvgIpc) is 3.68. The molecular weight excluding hydrogens is 589 g/mol. The van der Waals surface area contributed by atoms with E-state index >= 15 is 8.78 Å². The number of hydrogen-bond acceptors (Lipinski definition) is 12. The van der Waals surface area contributed by atoms with Crippen LogP contribution in [0.4, 0.5) is 20.4 Å². The summed E-state index contributed by atoms with van der Waals surface area (Å²) in [5.41, 5.74) is 9.88. The Bertz CT molecular complexity index is 1720. The molecule has 2 aliphatic heterocycles. The van der Waals surface area contributed by atoms with Gasteiger partial charge in [0.25, 0.3) is 5.56 Å². The lowest BCUT2D eigenvalue weighted by molar-refractivity contribution is -0.0423. The minimum atomic E-state index is -4.17. The van der Waals surface area contributed by atoms with Crippen molar-refractivity contribution in [2.75, 3.05) is 24.7 Å². The fourth-order valence-electron chi connectivity index (χ4n) is 5.22. The second kappa shape index (κ2) is 10.3. The summed E-state index contributed by atoms with van der Waals surface area (Å²) < 4.78 is 50.4. The zero-order valence-corrected chi connectivity index (χ0v) is 22.6. The number of nitrogen functional groups attached to an aromatic ring is 2. The van der Waals surface area contributed by atoms with E-state index in [2.05, 4.69) is 19.9 Å². The summed E-state index contributed by atoms with van der Waals surface area (Å²) in [6.07, 6.45) is -7.10. The Kier molecular flexibility index (Phi) is 7.06. The van der Waals surface area contributed by atoms with Gasteiger partial charge in [-0.15, -0.1) is 0 Å². The van der Waals surface area contributed by atoms with Crippen molar-refractivity contribution in [3.63, 3.8) is 0 Å². The maximum Gasteiger partial charge on any atom is 0.277 e. The fourth-order valence-corrected chi connectivity index (χ4v) is 7.68. The molecule has 2 saturated heterocycles. The number of aromatic amines is 1. The number of pyridine rings is 1. The molecule has 0 aromatic carbocycles. The molecule has 2 fully saturated rings. The Morgan fingerprint density at radius 3 is 2.66 bits per heavy atom. The normalized spacial score (nSPS) is 31.7. The van der Waals surface area contributed by atoms with Crippen LogP contribution in [0.2, 0.25) is 0 Å². The summed E-state index contributed by atoms with van der Waals surface area (Å²) in [4.78, 5) is 38.0. The highest BCUT2D eigenvalue weighted by Crippen LogP contribution is 2.58. The molecule has 15 nitrogen and oxygen atoms in total. The third kappa shape index (κ3) is 4.60. The lowest BCUT2D eigenvalue weighted by Gasteiger charge is -2.29. The molecule has 4 aromatic rings. The minimum absolute atomic E-state index is 0.00121. The molecule has 6 heterocycles. The second-order valence-corrected chi connectivity index (χ2v) is 13.3. The van der Waals surface area contributed by atoms with Gasteiger partial charge in [0.1, 0.15) is 53.8 Å². The lowest BCUT2D eigenvalue weighted by atomic mass is 10.1. The predicted molar refractivity (Wildman–Crippen MR) is 144 cm³/mol. The van der Waals surface area contributed by atoms with Gasteiger partial charge in [0.05, 0.1) is 30.4 Å². The number of aliphatic hydroxyl groups is 2. The molecule has 220 valence electrons. The van der Waals surface area contributed by atoms with Gasteiger partial charge < -0.3 is 54.7 Å². The number of halogens is 2. The average molecular weight is 615 g/mol. The zero-order chi connectivity index (χ0) is 29.2. The Balaban J connectivity index is 1.25. The molecule has 0 aliphatic carbocycles. The van der Waals surface area contributed by atoms with Crippen molar-refractivity contribution in [1.82, 2.24) is 29.1 Å². The van der Waals surface area contributed by atoms with Gasteiger partial charge in [0, 0.05) is 12.3 Å². The molecule has 8 N–H and O–H groups in total. The van der Waals surface area contributed by atoms with Gasteiger partial charge >= 0.3 is 0 Å². The number of fused-ring (bicyclic) bond motifs is 2. The molecule has 0 saturated carbocycles. The van der Waals surface area contributed by atoms with Crippen molar-refractivity contribution in [2.45, 2.75) is 48.8 Å². The monoisotopic (exact) mass is 614 g/mol. The van der Waals surface area contributed by atoms with Crippen molar-refractivity contribution in [3.8, 4) is 0 Å². The van der Waals surface area contributed by atoms with Crippen LogP contribution >= 0.6 is 6.49 Å². The Morgan fingerprint density at radius 1 is 1.15 bits per heavy atom. The van der Waals surface area contributed by atoms with E-state index in [1.807, 2.05) is 0 Å². The summed E-state index contributed by atoms with van der Waals surface area (Å²) in [5, 5.41) is 20.7. The first-order chi connectivity index (χ1) is 19.5. The highest BCUT2D eigenvalue weighted by Gasteiger charge is 2.54. The number of imidazole rings is 1. The number of alkyl halides is 2. The number of hydrogen-bond donors (Lipinski definition) is 6. The number of nitrogens with two attached hydrogens (primary N) is 2. The maximum atomic E-state index is 15.6. The van der Waals surface area contributed by atoms with Gasteiger partial charge in [0.2, 0.25) is 0 Å². The maximum absolute atomic E-state index is 15.6. The number of ether oxygens (including phenoxy) is 2. The quantitative estimate of drug-likeness (QED) is 0.149. The minimum Gasteiger partial charge on any atom is -0.394 e. The number of H-pyrrole nitrogens is 1. The highest BCUT2D eigenvalue weighted by atomic mass is 32.5. The second-order valence-electron chi connectivity index (χ2n) is 9.70. The summed E-state index contributed by atoms with van der Waals surface area (Å²) >= 11 is 5.35. The van der Waals surface area contributed by atoms with Crippen LogP contribution in [0.15, 0.2) is 35.8 Å². The van der Waals surface area contributed by atoms with Crippen molar-refractivity contribution in [3.05, 3.63) is 41.3 Å². The Morgan fingerprint density at radius 2 is 1.90 bits per heavy atom. The van der Waals surface area contributed by atoms with E-state index in [4.69, 9.17) is 37.3 Å².